The van der Waals surface area contributed by atoms with Crippen LogP contribution in [0.5, 0.6) is 0 Å². The van der Waals surface area contributed by atoms with Gasteiger partial charge in [-0.05, 0) is 59.9 Å². The first kappa shape index (κ1) is 27.9. The summed E-state index contributed by atoms with van der Waals surface area (Å²) >= 11 is 0. The molecule has 1 atom stereocenters. The molecule has 5 rings (SSSR count). The molecule has 1 aromatic heterocycles. The third-order valence-corrected chi connectivity index (χ3v) is 7.31. The highest BCUT2D eigenvalue weighted by Gasteiger charge is 2.30. The van der Waals surface area contributed by atoms with Crippen molar-refractivity contribution in [2.45, 2.75) is 45.7 Å². The van der Waals surface area contributed by atoms with Crippen molar-refractivity contribution in [3.05, 3.63) is 101 Å². The van der Waals surface area contributed by atoms with Crippen LogP contribution in [0, 0.1) is 0 Å². The number of carbonyl (C=O) groups excluding carboxylic acids is 1. The number of nitrogens with one attached hydrogen (secondary N) is 1. The number of ether oxygens (including phenoxy) is 1. The Bertz CT molecular complexity index is 1560. The summed E-state index contributed by atoms with van der Waals surface area (Å²) in [6.07, 6.45) is 3.32. The quantitative estimate of drug-likeness (QED) is 0.241. The average Bonchev–Trinajstić information content (AvgIpc) is 3.56. The lowest BCUT2D eigenvalue weighted by atomic mass is 9.89. The van der Waals surface area contributed by atoms with Crippen molar-refractivity contribution in [1.82, 2.24) is 25.7 Å². The van der Waals surface area contributed by atoms with Gasteiger partial charge >= 0.3 is 5.97 Å². The maximum absolute atomic E-state index is 12.2. The SMILES string of the molecule is CCCCC1N=C(c2ccc(-c3ccccc3)c(-c3nn[nH]n3)c2)C(Cc2cccc(C(=O)OC)c2)=C(C)N1OC. The highest BCUT2D eigenvalue weighted by molar-refractivity contribution is 6.14. The zero-order valence-electron chi connectivity index (χ0n) is 23.8. The number of tetrazole rings is 1. The summed E-state index contributed by atoms with van der Waals surface area (Å²) in [5.74, 6) is 0.144. The molecule has 2 heterocycles. The van der Waals surface area contributed by atoms with Gasteiger partial charge in [0.2, 0.25) is 5.82 Å². The van der Waals surface area contributed by atoms with Gasteiger partial charge in [0.15, 0.2) is 0 Å². The fourth-order valence-corrected chi connectivity index (χ4v) is 5.25. The number of nitrogens with zero attached hydrogens (tertiary/aromatic N) is 5. The number of unbranched alkanes of at least 4 members (excludes halogenated alkanes) is 1. The molecule has 4 aromatic rings. The molecule has 0 aliphatic carbocycles. The number of methoxy groups -OCH3 is 1. The zero-order chi connectivity index (χ0) is 28.8. The number of rotatable bonds is 10. The number of allylic oxidation sites excluding steroid dienone is 2. The van der Waals surface area contributed by atoms with Crippen LogP contribution < -0.4 is 0 Å². The molecular weight excluding hydrogens is 516 g/mol. The standard InChI is InChI=1S/C32H34N6O3/c1-5-6-15-29-33-30(27(21(2)38(29)41-4)19-22-11-10-14-25(18-22)32(39)40-3)24-16-17-26(23-12-8-7-9-13-23)28(20-24)31-34-36-37-35-31/h7-14,16-18,20,29H,5-6,15,19H2,1-4H3,(H,34,35,36,37). The number of hydrogen-bond acceptors (Lipinski definition) is 8. The number of aromatic nitrogens is 4. The van der Waals surface area contributed by atoms with Gasteiger partial charge in [-0.1, -0.05) is 67.9 Å². The first-order valence-electron chi connectivity index (χ1n) is 13.8. The van der Waals surface area contributed by atoms with E-state index in [0.717, 1.165) is 64.1 Å². The van der Waals surface area contributed by atoms with Crippen LogP contribution in [0.2, 0.25) is 0 Å². The Kier molecular flexibility index (Phi) is 8.64. The van der Waals surface area contributed by atoms with E-state index in [4.69, 9.17) is 14.6 Å². The van der Waals surface area contributed by atoms with Gasteiger partial charge in [0, 0.05) is 28.8 Å². The van der Waals surface area contributed by atoms with Crippen LogP contribution in [0.25, 0.3) is 22.5 Å². The number of hydroxylamine groups is 2. The highest BCUT2D eigenvalue weighted by Crippen LogP contribution is 2.35. The second-order valence-electron chi connectivity index (χ2n) is 9.90. The molecular formula is C32H34N6O3. The van der Waals surface area contributed by atoms with Crippen molar-refractivity contribution >= 4 is 11.7 Å². The predicted octanol–water partition coefficient (Wildman–Crippen LogP) is 6.02. The maximum atomic E-state index is 12.2. The van der Waals surface area contributed by atoms with E-state index in [1.54, 1.807) is 13.2 Å². The Morgan fingerprint density at radius 2 is 1.80 bits per heavy atom. The van der Waals surface area contributed by atoms with Gasteiger partial charge in [-0.3, -0.25) is 9.83 Å². The summed E-state index contributed by atoms with van der Waals surface area (Å²) in [5, 5.41) is 16.9. The molecule has 9 nitrogen and oxygen atoms in total. The molecule has 0 bridgehead atoms. The Balaban J connectivity index is 1.64. The molecule has 0 spiro atoms. The topological polar surface area (TPSA) is 106 Å². The minimum atomic E-state index is -0.366. The predicted molar refractivity (Wildman–Crippen MR) is 158 cm³/mol. The summed E-state index contributed by atoms with van der Waals surface area (Å²) in [6, 6.07) is 23.9. The number of hydrogen-bond donors (Lipinski definition) is 1. The molecule has 1 aliphatic heterocycles. The number of esters is 1. The molecule has 0 radical (unpaired) electrons. The van der Waals surface area contributed by atoms with E-state index in [1.165, 1.54) is 7.11 Å². The molecule has 0 saturated heterocycles. The molecule has 9 heteroatoms. The van der Waals surface area contributed by atoms with E-state index in [1.807, 2.05) is 41.5 Å². The smallest absolute Gasteiger partial charge is 0.337 e. The van der Waals surface area contributed by atoms with Gasteiger partial charge in [0.05, 0.1) is 25.5 Å². The van der Waals surface area contributed by atoms with Crippen molar-refractivity contribution in [3.63, 3.8) is 0 Å². The van der Waals surface area contributed by atoms with E-state index in [0.29, 0.717) is 17.8 Å². The van der Waals surface area contributed by atoms with E-state index in [-0.39, 0.29) is 12.1 Å². The molecule has 0 saturated carbocycles. The molecule has 0 fully saturated rings. The highest BCUT2D eigenvalue weighted by atomic mass is 16.7. The molecule has 3 aromatic carbocycles. The summed E-state index contributed by atoms with van der Waals surface area (Å²) < 4.78 is 4.95. The maximum Gasteiger partial charge on any atom is 0.337 e. The normalized spacial score (nSPS) is 15.2. The van der Waals surface area contributed by atoms with Crippen LogP contribution in [-0.2, 0) is 16.0 Å². The lowest BCUT2D eigenvalue weighted by Crippen LogP contribution is -2.38. The monoisotopic (exact) mass is 550 g/mol. The van der Waals surface area contributed by atoms with Crippen LogP contribution in [0.1, 0.15) is 54.6 Å². The van der Waals surface area contributed by atoms with Crippen LogP contribution in [0.4, 0.5) is 0 Å². The van der Waals surface area contributed by atoms with E-state index >= 15 is 0 Å². The number of benzene rings is 3. The van der Waals surface area contributed by atoms with E-state index < -0.39 is 0 Å². The fraction of sp³-hybridized carbons (Fsp3) is 0.281. The van der Waals surface area contributed by atoms with Gasteiger partial charge in [-0.25, -0.2) is 9.86 Å². The Hall–Kier alpha value is -4.63. The second-order valence-corrected chi connectivity index (χ2v) is 9.90. The Morgan fingerprint density at radius 1 is 0.976 bits per heavy atom. The van der Waals surface area contributed by atoms with Crippen LogP contribution >= 0.6 is 0 Å². The molecule has 1 unspecified atom stereocenters. The van der Waals surface area contributed by atoms with Crippen molar-refractivity contribution in [1.29, 1.82) is 0 Å². The summed E-state index contributed by atoms with van der Waals surface area (Å²) in [4.78, 5) is 23.4. The molecule has 1 N–H and O–H groups in total. The van der Waals surface area contributed by atoms with E-state index in [2.05, 4.69) is 64.8 Å². The van der Waals surface area contributed by atoms with Crippen molar-refractivity contribution < 1.29 is 14.4 Å². The number of aliphatic imine (C=N–C) groups is 1. The summed E-state index contributed by atoms with van der Waals surface area (Å²) in [5.41, 5.74) is 8.21. The summed E-state index contributed by atoms with van der Waals surface area (Å²) in [7, 11) is 3.07. The molecule has 0 amide bonds. The van der Waals surface area contributed by atoms with Crippen LogP contribution in [0.3, 0.4) is 0 Å². The van der Waals surface area contributed by atoms with E-state index in [9.17, 15) is 4.79 Å². The van der Waals surface area contributed by atoms with Crippen LogP contribution in [0.15, 0.2) is 89.1 Å². The lowest BCUT2D eigenvalue weighted by molar-refractivity contribution is -0.133. The van der Waals surface area contributed by atoms with Crippen molar-refractivity contribution in [3.8, 4) is 22.5 Å². The summed E-state index contributed by atoms with van der Waals surface area (Å²) in [6.45, 7) is 4.24. The van der Waals surface area contributed by atoms with Gasteiger partial charge in [-0.2, -0.15) is 5.21 Å². The first-order chi connectivity index (χ1) is 20.0. The van der Waals surface area contributed by atoms with Crippen molar-refractivity contribution in [2.75, 3.05) is 14.2 Å². The average molecular weight is 551 g/mol. The number of H-pyrrole nitrogens is 1. The molecule has 41 heavy (non-hydrogen) atoms. The van der Waals surface area contributed by atoms with Gasteiger partial charge < -0.3 is 4.74 Å². The fourth-order valence-electron chi connectivity index (χ4n) is 5.25. The largest absolute Gasteiger partial charge is 0.465 e. The minimum absolute atomic E-state index is 0.164. The van der Waals surface area contributed by atoms with Gasteiger partial charge in [0.25, 0.3) is 0 Å². The number of carbonyl (C=O) groups is 1. The molecule has 210 valence electrons. The van der Waals surface area contributed by atoms with Gasteiger partial charge in [-0.15, -0.1) is 10.2 Å². The minimum Gasteiger partial charge on any atom is -0.465 e. The zero-order valence-corrected chi connectivity index (χ0v) is 23.8. The second kappa shape index (κ2) is 12.7. The lowest BCUT2D eigenvalue weighted by Gasteiger charge is -2.36. The van der Waals surface area contributed by atoms with Crippen molar-refractivity contribution in [2.24, 2.45) is 4.99 Å². The Labute approximate surface area is 239 Å². The van der Waals surface area contributed by atoms with Gasteiger partial charge in [0.1, 0.15) is 6.17 Å². The number of aromatic amines is 1. The first-order valence-corrected chi connectivity index (χ1v) is 13.8. The molecule has 1 aliphatic rings. The third-order valence-electron chi connectivity index (χ3n) is 7.31. The van der Waals surface area contributed by atoms with Crippen LogP contribution in [-0.4, -0.2) is 57.8 Å². The Morgan fingerprint density at radius 3 is 2.51 bits per heavy atom. The third kappa shape index (κ3) is 5.95.